The highest BCUT2D eigenvalue weighted by atomic mass is 35.5. The summed E-state index contributed by atoms with van der Waals surface area (Å²) in [6.07, 6.45) is 1.73. The highest BCUT2D eigenvalue weighted by Crippen LogP contribution is 2.23. The minimum Gasteiger partial charge on any atom is -0.319 e. The van der Waals surface area contributed by atoms with Gasteiger partial charge in [0.15, 0.2) is 0 Å². The minimum absolute atomic E-state index is 0. The van der Waals surface area contributed by atoms with Gasteiger partial charge in [-0.2, -0.15) is 0 Å². The summed E-state index contributed by atoms with van der Waals surface area (Å²) in [6.45, 7) is 2.01. The van der Waals surface area contributed by atoms with Crippen molar-refractivity contribution in [2.45, 2.75) is 18.6 Å². The number of benzene rings is 1. The molecule has 1 heterocycles. The lowest BCUT2D eigenvalue weighted by Gasteiger charge is -2.31. The van der Waals surface area contributed by atoms with Gasteiger partial charge in [-0.3, -0.25) is 0 Å². The Morgan fingerprint density at radius 3 is 2.55 bits per heavy atom. The van der Waals surface area contributed by atoms with Gasteiger partial charge < -0.3 is 5.32 Å². The van der Waals surface area contributed by atoms with Crippen molar-refractivity contribution >= 4 is 34.0 Å². The molecule has 1 N–H and O–H groups in total. The molecule has 0 unspecified atom stereocenters. The topological polar surface area (TPSA) is 49.4 Å². The molecule has 8 heteroatoms. The summed E-state index contributed by atoms with van der Waals surface area (Å²) in [5, 5.41) is 3.08. The zero-order valence-corrected chi connectivity index (χ0v) is 14.8. The van der Waals surface area contributed by atoms with E-state index in [4.69, 9.17) is 11.6 Å². The molecular weight excluding hydrogens is 350 g/mol. The standard InChI is InChI=1S/C14H20ClFN2O2S.ClH/c1-17-9-11-4-6-18(7-5-11)21(19,20)10-12-2-3-14(16)13(15)8-12;/h2-3,8,11,17H,4-7,9-10H2,1H3;1H. The number of halogens is 3. The predicted octanol–water partition coefficient (Wildman–Crippen LogP) is 2.66. The Hall–Kier alpha value is -0.400. The van der Waals surface area contributed by atoms with E-state index in [2.05, 4.69) is 5.32 Å². The number of nitrogens with one attached hydrogen (secondary N) is 1. The fraction of sp³-hybridized carbons (Fsp3) is 0.571. The second-order valence-electron chi connectivity index (χ2n) is 5.40. The maximum absolute atomic E-state index is 13.1. The lowest BCUT2D eigenvalue weighted by molar-refractivity contribution is 0.270. The summed E-state index contributed by atoms with van der Waals surface area (Å²) < 4.78 is 39.4. The van der Waals surface area contributed by atoms with Gasteiger partial charge in [-0.25, -0.2) is 17.1 Å². The molecule has 1 fully saturated rings. The van der Waals surface area contributed by atoms with Crippen molar-refractivity contribution < 1.29 is 12.8 Å². The number of rotatable bonds is 5. The molecule has 1 aromatic rings. The Balaban J connectivity index is 0.00000242. The van der Waals surface area contributed by atoms with E-state index < -0.39 is 15.8 Å². The largest absolute Gasteiger partial charge is 0.319 e. The maximum Gasteiger partial charge on any atom is 0.218 e. The number of hydrogen-bond acceptors (Lipinski definition) is 3. The lowest BCUT2D eigenvalue weighted by Crippen LogP contribution is -2.40. The van der Waals surface area contributed by atoms with Gasteiger partial charge >= 0.3 is 0 Å². The average molecular weight is 371 g/mol. The second kappa shape index (κ2) is 8.45. The van der Waals surface area contributed by atoms with E-state index in [1.165, 1.54) is 22.5 Å². The van der Waals surface area contributed by atoms with Crippen LogP contribution in [-0.2, 0) is 15.8 Å². The third-order valence-corrected chi connectivity index (χ3v) is 5.93. The van der Waals surface area contributed by atoms with E-state index in [9.17, 15) is 12.8 Å². The Bertz CT molecular complexity index is 591. The van der Waals surface area contributed by atoms with Crippen molar-refractivity contribution in [2.24, 2.45) is 5.92 Å². The molecule has 0 aromatic heterocycles. The average Bonchev–Trinajstić information content (AvgIpc) is 2.44. The van der Waals surface area contributed by atoms with Crippen LogP contribution in [0.4, 0.5) is 4.39 Å². The lowest BCUT2D eigenvalue weighted by atomic mass is 9.98. The van der Waals surface area contributed by atoms with Gasteiger partial charge in [0.2, 0.25) is 10.0 Å². The van der Waals surface area contributed by atoms with Gasteiger partial charge in [-0.1, -0.05) is 17.7 Å². The molecule has 0 radical (unpaired) electrons. The Morgan fingerprint density at radius 2 is 2.00 bits per heavy atom. The van der Waals surface area contributed by atoms with Gasteiger partial charge in [0, 0.05) is 13.1 Å². The summed E-state index contributed by atoms with van der Waals surface area (Å²) in [7, 11) is -1.47. The van der Waals surface area contributed by atoms with Crippen LogP contribution in [-0.4, -0.2) is 39.4 Å². The summed E-state index contributed by atoms with van der Waals surface area (Å²) in [4.78, 5) is 0. The first-order chi connectivity index (χ1) is 9.92. The van der Waals surface area contributed by atoms with Crippen molar-refractivity contribution in [3.63, 3.8) is 0 Å². The second-order valence-corrected chi connectivity index (χ2v) is 7.78. The first-order valence-electron chi connectivity index (χ1n) is 6.98. The molecule has 4 nitrogen and oxygen atoms in total. The highest BCUT2D eigenvalue weighted by molar-refractivity contribution is 7.88. The molecule has 1 aromatic carbocycles. The van der Waals surface area contributed by atoms with Crippen LogP contribution in [0.5, 0.6) is 0 Å². The van der Waals surface area contributed by atoms with E-state index in [0.29, 0.717) is 24.6 Å². The third kappa shape index (κ3) is 5.06. The molecule has 0 atom stereocenters. The van der Waals surface area contributed by atoms with E-state index in [-0.39, 0.29) is 23.2 Å². The summed E-state index contributed by atoms with van der Waals surface area (Å²) in [6, 6.07) is 4.04. The Labute approximate surface area is 142 Å². The number of hydrogen-bond donors (Lipinski definition) is 1. The normalized spacial score (nSPS) is 17.2. The predicted molar refractivity (Wildman–Crippen MR) is 89.5 cm³/mol. The molecule has 0 saturated carbocycles. The number of nitrogens with zero attached hydrogens (tertiary/aromatic N) is 1. The van der Waals surface area contributed by atoms with Gasteiger partial charge in [-0.05, 0) is 50.0 Å². The number of piperidine rings is 1. The molecule has 1 aliphatic rings. The first-order valence-corrected chi connectivity index (χ1v) is 8.97. The molecule has 126 valence electrons. The van der Waals surface area contributed by atoms with Gasteiger partial charge in [0.05, 0.1) is 10.8 Å². The van der Waals surface area contributed by atoms with Crippen LogP contribution >= 0.6 is 24.0 Å². The Kier molecular flexibility index (Phi) is 7.55. The van der Waals surface area contributed by atoms with E-state index in [0.717, 1.165) is 19.4 Å². The number of sulfonamides is 1. The zero-order valence-electron chi connectivity index (χ0n) is 12.4. The molecule has 1 aliphatic heterocycles. The van der Waals surface area contributed by atoms with Crippen LogP contribution in [0.25, 0.3) is 0 Å². The summed E-state index contributed by atoms with van der Waals surface area (Å²) in [5.74, 6) is -0.142. The van der Waals surface area contributed by atoms with Crippen molar-refractivity contribution in [1.82, 2.24) is 9.62 Å². The molecule has 1 saturated heterocycles. The van der Waals surface area contributed by atoms with Crippen molar-refractivity contribution in [1.29, 1.82) is 0 Å². The zero-order chi connectivity index (χ0) is 15.5. The van der Waals surface area contributed by atoms with Gasteiger partial charge in [0.1, 0.15) is 5.82 Å². The van der Waals surface area contributed by atoms with Crippen LogP contribution in [0, 0.1) is 11.7 Å². The van der Waals surface area contributed by atoms with Crippen LogP contribution < -0.4 is 5.32 Å². The summed E-state index contributed by atoms with van der Waals surface area (Å²) in [5.41, 5.74) is 0.513. The molecule has 22 heavy (non-hydrogen) atoms. The van der Waals surface area contributed by atoms with Gasteiger partial charge in [0.25, 0.3) is 0 Å². The van der Waals surface area contributed by atoms with Crippen molar-refractivity contribution in [3.8, 4) is 0 Å². The molecular formula is C14H21Cl2FN2O2S. The van der Waals surface area contributed by atoms with Crippen LogP contribution in [0.15, 0.2) is 18.2 Å². The van der Waals surface area contributed by atoms with Crippen LogP contribution in [0.2, 0.25) is 5.02 Å². The molecule has 2 rings (SSSR count). The third-order valence-electron chi connectivity index (χ3n) is 3.79. The summed E-state index contributed by atoms with van der Waals surface area (Å²) >= 11 is 5.69. The van der Waals surface area contributed by atoms with Crippen molar-refractivity contribution in [3.05, 3.63) is 34.6 Å². The van der Waals surface area contributed by atoms with E-state index >= 15 is 0 Å². The SMILES string of the molecule is CNCC1CCN(S(=O)(=O)Cc2ccc(F)c(Cl)c2)CC1.Cl. The quantitative estimate of drug-likeness (QED) is 0.866. The monoisotopic (exact) mass is 370 g/mol. The maximum atomic E-state index is 13.1. The molecule has 0 spiro atoms. The smallest absolute Gasteiger partial charge is 0.218 e. The first kappa shape index (κ1) is 19.6. The van der Waals surface area contributed by atoms with Crippen LogP contribution in [0.1, 0.15) is 18.4 Å². The molecule has 0 bridgehead atoms. The molecule has 0 aliphatic carbocycles. The van der Waals surface area contributed by atoms with Crippen LogP contribution in [0.3, 0.4) is 0 Å². The Morgan fingerprint density at radius 1 is 1.36 bits per heavy atom. The molecule has 0 amide bonds. The minimum atomic E-state index is -3.37. The van der Waals surface area contributed by atoms with E-state index in [1.54, 1.807) is 0 Å². The van der Waals surface area contributed by atoms with Gasteiger partial charge in [-0.15, -0.1) is 12.4 Å². The highest BCUT2D eigenvalue weighted by Gasteiger charge is 2.27. The fourth-order valence-electron chi connectivity index (χ4n) is 2.61. The fourth-order valence-corrected chi connectivity index (χ4v) is 4.37. The van der Waals surface area contributed by atoms with Crippen molar-refractivity contribution in [2.75, 3.05) is 26.7 Å². The van der Waals surface area contributed by atoms with E-state index in [1.807, 2.05) is 7.05 Å².